The first-order valence-corrected chi connectivity index (χ1v) is 8.49. The Bertz CT molecular complexity index is 506. The van der Waals surface area contributed by atoms with E-state index in [1.165, 1.54) is 0 Å². The van der Waals surface area contributed by atoms with Gasteiger partial charge in [0.25, 0.3) is 0 Å². The third-order valence-electron chi connectivity index (χ3n) is 3.30. The van der Waals surface area contributed by atoms with E-state index in [2.05, 4.69) is 4.90 Å². The first-order valence-electron chi connectivity index (χ1n) is 6.66. The van der Waals surface area contributed by atoms with Crippen LogP contribution in [0.15, 0.2) is 24.3 Å². The van der Waals surface area contributed by atoms with E-state index in [1.54, 1.807) is 6.92 Å². The zero-order chi connectivity index (χ0) is 14.5. The predicted octanol–water partition coefficient (Wildman–Crippen LogP) is 2.34. The fourth-order valence-electron chi connectivity index (χ4n) is 2.10. The average Bonchev–Trinajstić information content (AvgIpc) is 2.35. The number of sulfone groups is 1. The Balaban J connectivity index is 0.00000361. The van der Waals surface area contributed by atoms with Gasteiger partial charge < -0.3 is 5.73 Å². The Kier molecular flexibility index (Phi) is 8.16. The minimum Gasteiger partial charge on any atom is -0.399 e. The number of hydrogen-bond acceptors (Lipinski definition) is 4. The molecule has 20 heavy (non-hydrogen) atoms. The number of nitrogens with two attached hydrogens (primary N) is 1. The lowest BCUT2D eigenvalue weighted by Crippen LogP contribution is -2.37. The van der Waals surface area contributed by atoms with Crippen LogP contribution in [0.3, 0.4) is 0 Å². The van der Waals surface area contributed by atoms with Crippen LogP contribution in [0.2, 0.25) is 0 Å². The summed E-state index contributed by atoms with van der Waals surface area (Å²) in [7, 11) is -2.94. The summed E-state index contributed by atoms with van der Waals surface area (Å²) in [5.41, 5.74) is 7.61. The Labute approximate surface area is 128 Å². The summed E-state index contributed by atoms with van der Waals surface area (Å²) >= 11 is 0. The number of anilines is 1. The quantitative estimate of drug-likeness (QED) is 0.783. The number of benzene rings is 1. The van der Waals surface area contributed by atoms with E-state index in [4.69, 9.17) is 5.73 Å². The van der Waals surface area contributed by atoms with E-state index in [0.29, 0.717) is 0 Å². The molecule has 1 atom stereocenters. The molecule has 0 radical (unpaired) electrons. The molecule has 0 fully saturated rings. The molecule has 0 bridgehead atoms. The molecule has 0 spiro atoms. The van der Waals surface area contributed by atoms with Crippen molar-refractivity contribution in [3.05, 3.63) is 29.8 Å². The molecule has 1 aromatic rings. The number of halogens is 1. The molecular formula is C14H25ClN2O2S. The minimum atomic E-state index is -2.94. The molecule has 0 amide bonds. The van der Waals surface area contributed by atoms with E-state index < -0.39 is 9.84 Å². The highest BCUT2D eigenvalue weighted by Crippen LogP contribution is 2.12. The molecule has 0 aliphatic carbocycles. The molecule has 0 saturated heterocycles. The monoisotopic (exact) mass is 320 g/mol. The van der Waals surface area contributed by atoms with Crippen LogP contribution < -0.4 is 5.73 Å². The molecule has 6 heteroatoms. The van der Waals surface area contributed by atoms with Gasteiger partial charge in [-0.1, -0.05) is 26.0 Å². The topological polar surface area (TPSA) is 63.4 Å². The third kappa shape index (κ3) is 6.11. The van der Waals surface area contributed by atoms with Crippen molar-refractivity contribution in [1.29, 1.82) is 0 Å². The number of rotatable bonds is 7. The lowest BCUT2D eigenvalue weighted by atomic mass is 10.1. The van der Waals surface area contributed by atoms with Gasteiger partial charge in [0.05, 0.1) is 5.75 Å². The number of hydrogen-bond donors (Lipinski definition) is 1. The Hall–Kier alpha value is -0.780. The first kappa shape index (κ1) is 19.2. The van der Waals surface area contributed by atoms with E-state index in [1.807, 2.05) is 38.1 Å². The van der Waals surface area contributed by atoms with Crippen LogP contribution in [0, 0.1) is 0 Å². The van der Waals surface area contributed by atoms with Crippen molar-refractivity contribution in [2.45, 2.75) is 33.4 Å². The van der Waals surface area contributed by atoms with Gasteiger partial charge in [-0.15, -0.1) is 12.4 Å². The normalized spacial score (nSPS) is 13.0. The van der Waals surface area contributed by atoms with Crippen molar-refractivity contribution in [1.82, 2.24) is 4.90 Å². The van der Waals surface area contributed by atoms with Gasteiger partial charge in [0, 0.05) is 24.0 Å². The molecule has 0 saturated carbocycles. The van der Waals surface area contributed by atoms with E-state index in [-0.39, 0.29) is 30.0 Å². The van der Waals surface area contributed by atoms with Gasteiger partial charge in [0.1, 0.15) is 0 Å². The molecule has 2 N–H and O–H groups in total. The second-order valence-electron chi connectivity index (χ2n) is 4.86. The standard InChI is InChI=1S/C14H24N2O2S.ClH/c1-4-16(12(3)11-19(17,18)5-2)10-13-7-6-8-14(15)9-13;/h6-9,12H,4-5,10-11,15H2,1-3H3;1H. The van der Waals surface area contributed by atoms with Crippen molar-refractivity contribution in [3.8, 4) is 0 Å². The highest BCUT2D eigenvalue weighted by atomic mass is 35.5. The zero-order valence-electron chi connectivity index (χ0n) is 12.4. The van der Waals surface area contributed by atoms with E-state index in [9.17, 15) is 8.42 Å². The predicted molar refractivity (Wildman–Crippen MR) is 88.0 cm³/mol. The van der Waals surface area contributed by atoms with Crippen LogP contribution in [0.25, 0.3) is 0 Å². The molecule has 1 aromatic carbocycles. The second kappa shape index (κ2) is 8.49. The second-order valence-corrected chi connectivity index (χ2v) is 7.25. The van der Waals surface area contributed by atoms with E-state index in [0.717, 1.165) is 24.3 Å². The van der Waals surface area contributed by atoms with Crippen LogP contribution >= 0.6 is 12.4 Å². The molecule has 1 rings (SSSR count). The molecule has 0 aromatic heterocycles. The van der Waals surface area contributed by atoms with Gasteiger partial charge in [-0.3, -0.25) is 4.90 Å². The largest absolute Gasteiger partial charge is 0.399 e. The summed E-state index contributed by atoms with van der Waals surface area (Å²) in [5.74, 6) is 0.410. The molecular weight excluding hydrogens is 296 g/mol. The molecule has 4 nitrogen and oxygen atoms in total. The summed E-state index contributed by atoms with van der Waals surface area (Å²) in [6.07, 6.45) is 0. The zero-order valence-corrected chi connectivity index (χ0v) is 14.0. The molecule has 0 aliphatic rings. The van der Waals surface area contributed by atoms with Gasteiger partial charge in [0.2, 0.25) is 0 Å². The maximum Gasteiger partial charge on any atom is 0.151 e. The lowest BCUT2D eigenvalue weighted by Gasteiger charge is -2.27. The van der Waals surface area contributed by atoms with Crippen molar-refractivity contribution in [2.75, 3.05) is 23.8 Å². The van der Waals surface area contributed by atoms with Gasteiger partial charge in [-0.2, -0.15) is 0 Å². The van der Waals surface area contributed by atoms with Crippen LogP contribution in [0.5, 0.6) is 0 Å². The summed E-state index contributed by atoms with van der Waals surface area (Å²) in [4.78, 5) is 2.15. The van der Waals surface area contributed by atoms with Gasteiger partial charge in [0.15, 0.2) is 9.84 Å². The minimum absolute atomic E-state index is 0. The Morgan fingerprint density at radius 1 is 1.30 bits per heavy atom. The fourth-order valence-corrected chi connectivity index (χ4v) is 3.28. The lowest BCUT2D eigenvalue weighted by molar-refractivity contribution is 0.226. The van der Waals surface area contributed by atoms with Crippen molar-refractivity contribution in [3.63, 3.8) is 0 Å². The van der Waals surface area contributed by atoms with Crippen molar-refractivity contribution in [2.24, 2.45) is 0 Å². The highest BCUT2D eigenvalue weighted by Gasteiger charge is 2.19. The molecule has 0 heterocycles. The van der Waals surface area contributed by atoms with Gasteiger partial charge in [-0.25, -0.2) is 8.42 Å². The van der Waals surface area contributed by atoms with Crippen LogP contribution in [0.4, 0.5) is 5.69 Å². The summed E-state index contributed by atoms with van der Waals surface area (Å²) in [6.45, 7) is 7.23. The van der Waals surface area contributed by atoms with Crippen LogP contribution in [-0.4, -0.2) is 37.4 Å². The SMILES string of the molecule is CCN(Cc1cccc(N)c1)C(C)CS(=O)(=O)CC.Cl. The van der Waals surface area contributed by atoms with E-state index >= 15 is 0 Å². The smallest absolute Gasteiger partial charge is 0.151 e. The van der Waals surface area contributed by atoms with Crippen molar-refractivity contribution < 1.29 is 8.42 Å². The summed E-state index contributed by atoms with van der Waals surface area (Å²) in [6, 6.07) is 7.73. The summed E-state index contributed by atoms with van der Waals surface area (Å²) in [5, 5.41) is 0. The van der Waals surface area contributed by atoms with Gasteiger partial charge in [-0.05, 0) is 31.2 Å². The summed E-state index contributed by atoms with van der Waals surface area (Å²) < 4.78 is 23.4. The maximum absolute atomic E-state index is 11.7. The fraction of sp³-hybridized carbons (Fsp3) is 0.571. The third-order valence-corrected chi connectivity index (χ3v) is 5.17. The van der Waals surface area contributed by atoms with Crippen LogP contribution in [0.1, 0.15) is 26.3 Å². The van der Waals surface area contributed by atoms with Crippen LogP contribution in [-0.2, 0) is 16.4 Å². The molecule has 1 unspecified atom stereocenters. The Morgan fingerprint density at radius 3 is 2.45 bits per heavy atom. The number of nitrogen functional groups attached to an aromatic ring is 1. The molecule has 116 valence electrons. The first-order chi connectivity index (χ1) is 8.88. The number of nitrogens with zero attached hydrogens (tertiary/aromatic N) is 1. The highest BCUT2D eigenvalue weighted by molar-refractivity contribution is 7.91. The Morgan fingerprint density at radius 2 is 1.95 bits per heavy atom. The average molecular weight is 321 g/mol. The van der Waals surface area contributed by atoms with Gasteiger partial charge >= 0.3 is 0 Å². The van der Waals surface area contributed by atoms with Crippen molar-refractivity contribution >= 4 is 27.9 Å². The maximum atomic E-state index is 11.7. The molecule has 0 aliphatic heterocycles.